The summed E-state index contributed by atoms with van der Waals surface area (Å²) in [6, 6.07) is 19.3. The van der Waals surface area contributed by atoms with Crippen LogP contribution in [0, 0.1) is 11.3 Å². The molecular weight excluding hydrogens is 394 g/mol. The van der Waals surface area contributed by atoms with Gasteiger partial charge in [0.05, 0.1) is 26.0 Å². The number of carbonyl (C=O) groups is 1. The molecule has 7 heteroatoms. The Kier molecular flexibility index (Phi) is 7.57. The zero-order valence-corrected chi connectivity index (χ0v) is 17.4. The average Bonchev–Trinajstić information content (AvgIpc) is 3.20. The third-order valence-electron chi connectivity index (χ3n) is 4.50. The van der Waals surface area contributed by atoms with E-state index in [1.807, 2.05) is 66.9 Å². The first-order valence-electron chi connectivity index (χ1n) is 9.68. The number of ether oxygens (including phenoxy) is 3. The average molecular weight is 417 g/mol. The van der Waals surface area contributed by atoms with Gasteiger partial charge in [0.1, 0.15) is 24.0 Å². The molecule has 2 aromatic carbocycles. The van der Waals surface area contributed by atoms with Gasteiger partial charge in [-0.1, -0.05) is 30.3 Å². The zero-order chi connectivity index (χ0) is 22.1. The van der Waals surface area contributed by atoms with Crippen LogP contribution in [0.3, 0.4) is 0 Å². The van der Waals surface area contributed by atoms with E-state index in [1.54, 1.807) is 11.8 Å². The first-order valence-corrected chi connectivity index (χ1v) is 9.68. The number of rotatable bonds is 9. The summed E-state index contributed by atoms with van der Waals surface area (Å²) in [5.41, 5.74) is 3.10. The molecule has 0 N–H and O–H groups in total. The van der Waals surface area contributed by atoms with Gasteiger partial charge in [-0.3, -0.25) is 4.68 Å². The molecule has 0 radical (unpaired) electrons. The number of hydrogen-bond donors (Lipinski definition) is 0. The van der Waals surface area contributed by atoms with Crippen LogP contribution in [0.15, 0.2) is 66.4 Å². The van der Waals surface area contributed by atoms with Gasteiger partial charge in [0.15, 0.2) is 0 Å². The summed E-state index contributed by atoms with van der Waals surface area (Å²) in [5.74, 6) is 0.0278. The van der Waals surface area contributed by atoms with Crippen LogP contribution in [0.4, 0.5) is 0 Å². The Balaban J connectivity index is 1.97. The molecule has 0 fully saturated rings. The lowest BCUT2D eigenvalue weighted by atomic mass is 10.1. The molecule has 0 amide bonds. The van der Waals surface area contributed by atoms with Crippen LogP contribution in [0.1, 0.15) is 11.1 Å². The predicted molar refractivity (Wildman–Crippen MR) is 116 cm³/mol. The maximum atomic E-state index is 12.3. The molecule has 0 unspecified atom stereocenters. The minimum Gasteiger partial charge on any atom is -0.497 e. The molecule has 7 nitrogen and oxygen atoms in total. The van der Waals surface area contributed by atoms with Crippen molar-refractivity contribution < 1.29 is 19.0 Å². The molecule has 0 spiro atoms. The van der Waals surface area contributed by atoms with Crippen molar-refractivity contribution in [2.75, 3.05) is 27.4 Å². The maximum absolute atomic E-state index is 12.3. The van der Waals surface area contributed by atoms with Crippen LogP contribution in [0.25, 0.3) is 17.3 Å². The molecule has 31 heavy (non-hydrogen) atoms. The van der Waals surface area contributed by atoms with E-state index in [0.29, 0.717) is 17.8 Å². The number of nitrogens with zero attached hydrogens (tertiary/aromatic N) is 3. The van der Waals surface area contributed by atoms with Crippen molar-refractivity contribution in [2.45, 2.75) is 6.54 Å². The largest absolute Gasteiger partial charge is 0.497 e. The van der Waals surface area contributed by atoms with Crippen molar-refractivity contribution in [2.24, 2.45) is 0 Å². The van der Waals surface area contributed by atoms with E-state index < -0.39 is 5.97 Å². The van der Waals surface area contributed by atoms with Crippen LogP contribution >= 0.6 is 0 Å². The van der Waals surface area contributed by atoms with E-state index in [9.17, 15) is 10.1 Å². The van der Waals surface area contributed by atoms with Gasteiger partial charge in [-0.05, 0) is 35.9 Å². The minimum atomic E-state index is -0.698. The van der Waals surface area contributed by atoms with Gasteiger partial charge in [-0.25, -0.2) is 4.79 Å². The Bertz CT molecular complexity index is 1080. The van der Waals surface area contributed by atoms with Crippen molar-refractivity contribution in [1.82, 2.24) is 9.78 Å². The number of carbonyl (C=O) groups excluding carboxylic acids is 1. The number of benzene rings is 2. The van der Waals surface area contributed by atoms with Crippen molar-refractivity contribution in [3.8, 4) is 23.1 Å². The molecular formula is C24H23N3O4. The third-order valence-corrected chi connectivity index (χ3v) is 4.50. The summed E-state index contributed by atoms with van der Waals surface area (Å²) in [6.07, 6.45) is 3.32. The number of aromatic nitrogens is 2. The smallest absolute Gasteiger partial charge is 0.348 e. The number of methoxy groups -OCH3 is 2. The molecule has 0 saturated carbocycles. The fourth-order valence-electron chi connectivity index (χ4n) is 2.95. The molecule has 1 heterocycles. The topological polar surface area (TPSA) is 86.4 Å². The SMILES string of the molecule is COCCOC(=O)/C(C#N)=C/c1cn(Cc2ccccc2)nc1-c1ccc(OC)cc1. The molecule has 3 aromatic rings. The predicted octanol–water partition coefficient (Wildman–Crippen LogP) is 3.70. The molecule has 1 aromatic heterocycles. The molecule has 3 rings (SSSR count). The highest BCUT2D eigenvalue weighted by Crippen LogP contribution is 2.26. The van der Waals surface area contributed by atoms with Crippen LogP contribution < -0.4 is 4.74 Å². The van der Waals surface area contributed by atoms with E-state index in [2.05, 4.69) is 0 Å². The summed E-state index contributed by atoms with van der Waals surface area (Å²) >= 11 is 0. The number of nitriles is 1. The molecule has 0 bridgehead atoms. The summed E-state index contributed by atoms with van der Waals surface area (Å²) in [4.78, 5) is 12.3. The van der Waals surface area contributed by atoms with Crippen LogP contribution in [-0.2, 0) is 20.8 Å². The Hall–Kier alpha value is -3.89. The van der Waals surface area contributed by atoms with E-state index in [0.717, 1.165) is 16.9 Å². The fraction of sp³-hybridized carbons (Fsp3) is 0.208. The Morgan fingerprint density at radius 1 is 1.10 bits per heavy atom. The molecule has 0 saturated heterocycles. The highest BCUT2D eigenvalue weighted by Gasteiger charge is 2.16. The van der Waals surface area contributed by atoms with Crippen molar-refractivity contribution in [3.63, 3.8) is 0 Å². The highest BCUT2D eigenvalue weighted by molar-refractivity contribution is 5.98. The summed E-state index contributed by atoms with van der Waals surface area (Å²) in [7, 11) is 3.11. The second-order valence-electron chi connectivity index (χ2n) is 6.64. The lowest BCUT2D eigenvalue weighted by Crippen LogP contribution is -2.11. The monoisotopic (exact) mass is 417 g/mol. The van der Waals surface area contributed by atoms with E-state index in [1.165, 1.54) is 13.2 Å². The normalized spacial score (nSPS) is 11.1. The second kappa shape index (κ2) is 10.8. The van der Waals surface area contributed by atoms with Gasteiger partial charge in [0.25, 0.3) is 0 Å². The Morgan fingerprint density at radius 3 is 2.48 bits per heavy atom. The van der Waals surface area contributed by atoms with Gasteiger partial charge < -0.3 is 14.2 Å². The summed E-state index contributed by atoms with van der Waals surface area (Å²) in [5, 5.41) is 14.2. The molecule has 0 aliphatic rings. The Labute approximate surface area is 181 Å². The Morgan fingerprint density at radius 2 is 1.84 bits per heavy atom. The van der Waals surface area contributed by atoms with Gasteiger partial charge in [0.2, 0.25) is 0 Å². The van der Waals surface area contributed by atoms with Crippen LogP contribution in [0.2, 0.25) is 0 Å². The van der Waals surface area contributed by atoms with E-state index in [-0.39, 0.29) is 18.8 Å². The zero-order valence-electron chi connectivity index (χ0n) is 17.4. The molecule has 158 valence electrons. The highest BCUT2D eigenvalue weighted by atomic mass is 16.6. The van der Waals surface area contributed by atoms with Crippen molar-refractivity contribution in [3.05, 3.63) is 77.5 Å². The van der Waals surface area contributed by atoms with Gasteiger partial charge in [-0.15, -0.1) is 0 Å². The molecule has 0 atom stereocenters. The van der Waals surface area contributed by atoms with Crippen LogP contribution in [0.5, 0.6) is 5.75 Å². The summed E-state index contributed by atoms with van der Waals surface area (Å²) in [6.45, 7) is 0.890. The van der Waals surface area contributed by atoms with Crippen molar-refractivity contribution in [1.29, 1.82) is 5.26 Å². The maximum Gasteiger partial charge on any atom is 0.348 e. The number of hydrogen-bond acceptors (Lipinski definition) is 6. The lowest BCUT2D eigenvalue weighted by Gasteiger charge is -2.04. The summed E-state index contributed by atoms with van der Waals surface area (Å²) < 4.78 is 17.0. The molecule has 0 aliphatic heterocycles. The van der Waals surface area contributed by atoms with Gasteiger partial charge in [0, 0.05) is 24.4 Å². The van der Waals surface area contributed by atoms with Crippen LogP contribution in [-0.4, -0.2) is 43.2 Å². The van der Waals surface area contributed by atoms with Crippen molar-refractivity contribution >= 4 is 12.0 Å². The lowest BCUT2D eigenvalue weighted by molar-refractivity contribution is -0.139. The second-order valence-corrected chi connectivity index (χ2v) is 6.64. The van der Waals surface area contributed by atoms with E-state index >= 15 is 0 Å². The van der Waals surface area contributed by atoms with Gasteiger partial charge >= 0.3 is 5.97 Å². The molecule has 0 aliphatic carbocycles. The van der Waals surface area contributed by atoms with Gasteiger partial charge in [-0.2, -0.15) is 10.4 Å². The third kappa shape index (κ3) is 5.81. The minimum absolute atomic E-state index is 0.0763. The first-order chi connectivity index (χ1) is 15.1. The van der Waals surface area contributed by atoms with E-state index in [4.69, 9.17) is 19.3 Å². The quantitative estimate of drug-likeness (QED) is 0.228. The fourth-order valence-corrected chi connectivity index (χ4v) is 2.95. The number of esters is 1. The standard InChI is InChI=1S/C24H23N3O4/c1-29-12-13-31-24(28)20(15-25)14-21-17-27(16-18-6-4-3-5-7-18)26-23(21)19-8-10-22(30-2)11-9-19/h3-11,14,17H,12-13,16H2,1-2H3/b20-14+. The first kappa shape index (κ1) is 21.8.